The Balaban J connectivity index is 2.19. The fourth-order valence-electron chi connectivity index (χ4n) is 1.76. The second-order valence-corrected chi connectivity index (χ2v) is 4.85. The molecule has 1 aliphatic carbocycles. The lowest BCUT2D eigenvalue weighted by molar-refractivity contribution is 0.0747. The van der Waals surface area contributed by atoms with Crippen molar-refractivity contribution in [1.29, 1.82) is 0 Å². The van der Waals surface area contributed by atoms with Gasteiger partial charge in [0.05, 0.1) is 5.56 Å². The molecule has 0 radical (unpaired) electrons. The zero-order valence-electron chi connectivity index (χ0n) is 9.03. The molecule has 0 spiro atoms. The molecule has 1 saturated carbocycles. The van der Waals surface area contributed by atoms with Crippen molar-refractivity contribution in [3.63, 3.8) is 0 Å². The summed E-state index contributed by atoms with van der Waals surface area (Å²) in [5.74, 6) is 0.0837. The van der Waals surface area contributed by atoms with Crippen LogP contribution in [0.2, 0.25) is 0 Å². The van der Waals surface area contributed by atoms with Crippen molar-refractivity contribution in [2.75, 3.05) is 13.1 Å². The standard InChI is InChI=1S/C12H15BrN2O/c13-11-4-2-1-3-10(11)12(16)15(8-7-14)9-5-6-9/h1-4,9H,5-8,14H2. The summed E-state index contributed by atoms with van der Waals surface area (Å²) in [6.07, 6.45) is 2.21. The summed E-state index contributed by atoms with van der Waals surface area (Å²) in [4.78, 5) is 14.2. The third-order valence-electron chi connectivity index (χ3n) is 2.72. The second kappa shape index (κ2) is 4.97. The maximum absolute atomic E-state index is 12.3. The zero-order chi connectivity index (χ0) is 11.5. The van der Waals surface area contributed by atoms with Crippen LogP contribution in [0.5, 0.6) is 0 Å². The maximum atomic E-state index is 12.3. The smallest absolute Gasteiger partial charge is 0.255 e. The molecule has 86 valence electrons. The molecule has 0 aromatic heterocycles. The molecule has 4 heteroatoms. The minimum absolute atomic E-state index is 0.0837. The van der Waals surface area contributed by atoms with E-state index >= 15 is 0 Å². The maximum Gasteiger partial charge on any atom is 0.255 e. The van der Waals surface area contributed by atoms with E-state index in [1.807, 2.05) is 29.2 Å². The van der Waals surface area contributed by atoms with Crippen LogP contribution in [0.4, 0.5) is 0 Å². The molecule has 0 atom stereocenters. The molecule has 0 aliphatic heterocycles. The Morgan fingerprint density at radius 3 is 2.69 bits per heavy atom. The number of carbonyl (C=O) groups is 1. The van der Waals surface area contributed by atoms with Crippen LogP contribution < -0.4 is 5.73 Å². The van der Waals surface area contributed by atoms with Crippen LogP contribution in [0.15, 0.2) is 28.7 Å². The number of rotatable bonds is 4. The molecule has 0 bridgehead atoms. The van der Waals surface area contributed by atoms with Crippen molar-refractivity contribution in [3.05, 3.63) is 34.3 Å². The van der Waals surface area contributed by atoms with Gasteiger partial charge in [0.25, 0.3) is 5.91 Å². The van der Waals surface area contributed by atoms with E-state index in [1.165, 1.54) is 0 Å². The van der Waals surface area contributed by atoms with Gasteiger partial charge in [-0.25, -0.2) is 0 Å². The molecule has 2 N–H and O–H groups in total. The van der Waals surface area contributed by atoms with E-state index in [2.05, 4.69) is 15.9 Å². The average molecular weight is 283 g/mol. The molecule has 0 unspecified atom stereocenters. The van der Waals surface area contributed by atoms with Gasteiger partial charge in [-0.05, 0) is 40.9 Å². The van der Waals surface area contributed by atoms with Crippen molar-refractivity contribution in [3.8, 4) is 0 Å². The number of nitrogens with zero attached hydrogens (tertiary/aromatic N) is 1. The van der Waals surface area contributed by atoms with Gasteiger partial charge in [-0.3, -0.25) is 4.79 Å². The van der Waals surface area contributed by atoms with Gasteiger partial charge in [-0.2, -0.15) is 0 Å². The summed E-state index contributed by atoms with van der Waals surface area (Å²) in [6.45, 7) is 1.16. The molecule has 2 rings (SSSR count). The number of halogens is 1. The number of amides is 1. The molecule has 1 aliphatic rings. The predicted molar refractivity (Wildman–Crippen MR) is 67.3 cm³/mol. The third-order valence-corrected chi connectivity index (χ3v) is 3.41. The van der Waals surface area contributed by atoms with E-state index in [-0.39, 0.29) is 5.91 Å². The lowest BCUT2D eigenvalue weighted by atomic mass is 10.2. The minimum Gasteiger partial charge on any atom is -0.334 e. The fourth-order valence-corrected chi connectivity index (χ4v) is 2.22. The Hall–Kier alpha value is -0.870. The number of hydrogen-bond acceptors (Lipinski definition) is 2. The van der Waals surface area contributed by atoms with Crippen LogP contribution in [-0.2, 0) is 0 Å². The molecule has 1 fully saturated rings. The second-order valence-electron chi connectivity index (χ2n) is 4.00. The van der Waals surface area contributed by atoms with E-state index in [4.69, 9.17) is 5.73 Å². The van der Waals surface area contributed by atoms with Crippen LogP contribution in [0, 0.1) is 0 Å². The van der Waals surface area contributed by atoms with Gasteiger partial charge < -0.3 is 10.6 Å². The average Bonchev–Trinajstić information content (AvgIpc) is 3.09. The fraction of sp³-hybridized carbons (Fsp3) is 0.417. The summed E-state index contributed by atoms with van der Waals surface area (Å²) in [6, 6.07) is 7.93. The first kappa shape index (κ1) is 11.6. The summed E-state index contributed by atoms with van der Waals surface area (Å²) >= 11 is 3.41. The van der Waals surface area contributed by atoms with Crippen LogP contribution >= 0.6 is 15.9 Å². The molecular formula is C12H15BrN2O. The summed E-state index contributed by atoms with van der Waals surface area (Å²) in [5.41, 5.74) is 6.27. The first-order chi connectivity index (χ1) is 7.74. The van der Waals surface area contributed by atoms with Crippen LogP contribution in [0.3, 0.4) is 0 Å². The lowest BCUT2D eigenvalue weighted by Crippen LogP contribution is -2.37. The molecule has 16 heavy (non-hydrogen) atoms. The van der Waals surface area contributed by atoms with Gasteiger partial charge in [-0.15, -0.1) is 0 Å². The van der Waals surface area contributed by atoms with Crippen molar-refractivity contribution in [1.82, 2.24) is 4.90 Å². The van der Waals surface area contributed by atoms with Gasteiger partial charge in [0.2, 0.25) is 0 Å². The third kappa shape index (κ3) is 2.44. The normalized spacial score (nSPS) is 14.9. The van der Waals surface area contributed by atoms with Crippen molar-refractivity contribution in [2.24, 2.45) is 5.73 Å². The Morgan fingerprint density at radius 2 is 2.12 bits per heavy atom. The highest BCUT2D eigenvalue weighted by Crippen LogP contribution is 2.29. The number of hydrogen-bond donors (Lipinski definition) is 1. The van der Waals surface area contributed by atoms with Crippen LogP contribution in [-0.4, -0.2) is 29.9 Å². The van der Waals surface area contributed by atoms with Crippen molar-refractivity contribution >= 4 is 21.8 Å². The van der Waals surface area contributed by atoms with Gasteiger partial charge in [-0.1, -0.05) is 12.1 Å². The van der Waals surface area contributed by atoms with E-state index in [9.17, 15) is 4.79 Å². The Bertz CT molecular complexity index is 390. The van der Waals surface area contributed by atoms with E-state index in [1.54, 1.807) is 0 Å². The first-order valence-corrected chi connectivity index (χ1v) is 6.29. The zero-order valence-corrected chi connectivity index (χ0v) is 10.6. The van der Waals surface area contributed by atoms with E-state index in [0.29, 0.717) is 19.1 Å². The minimum atomic E-state index is 0.0837. The summed E-state index contributed by atoms with van der Waals surface area (Å²) in [5, 5.41) is 0. The Kier molecular flexibility index (Phi) is 3.61. The first-order valence-electron chi connectivity index (χ1n) is 5.49. The highest BCUT2D eigenvalue weighted by molar-refractivity contribution is 9.10. The van der Waals surface area contributed by atoms with Gasteiger partial charge >= 0.3 is 0 Å². The molecule has 0 heterocycles. The molecule has 1 amide bonds. The molecule has 1 aromatic rings. The van der Waals surface area contributed by atoms with Gasteiger partial charge in [0.1, 0.15) is 0 Å². The lowest BCUT2D eigenvalue weighted by Gasteiger charge is -2.22. The predicted octanol–water partition coefficient (Wildman–Crippen LogP) is 2.01. The Morgan fingerprint density at radius 1 is 1.44 bits per heavy atom. The molecule has 0 saturated heterocycles. The highest BCUT2D eigenvalue weighted by atomic mass is 79.9. The van der Waals surface area contributed by atoms with Crippen LogP contribution in [0.1, 0.15) is 23.2 Å². The van der Waals surface area contributed by atoms with E-state index in [0.717, 1.165) is 22.9 Å². The quantitative estimate of drug-likeness (QED) is 0.918. The van der Waals surface area contributed by atoms with Crippen LogP contribution in [0.25, 0.3) is 0 Å². The van der Waals surface area contributed by atoms with Gasteiger partial charge in [0, 0.05) is 23.6 Å². The highest BCUT2D eigenvalue weighted by Gasteiger charge is 2.32. The number of nitrogens with two attached hydrogens (primary N) is 1. The molecule has 3 nitrogen and oxygen atoms in total. The summed E-state index contributed by atoms with van der Waals surface area (Å²) in [7, 11) is 0. The largest absolute Gasteiger partial charge is 0.334 e. The number of benzene rings is 1. The monoisotopic (exact) mass is 282 g/mol. The number of carbonyl (C=O) groups excluding carboxylic acids is 1. The summed E-state index contributed by atoms with van der Waals surface area (Å²) < 4.78 is 0.850. The topological polar surface area (TPSA) is 46.3 Å². The van der Waals surface area contributed by atoms with Gasteiger partial charge in [0.15, 0.2) is 0 Å². The van der Waals surface area contributed by atoms with Crippen molar-refractivity contribution < 1.29 is 4.79 Å². The van der Waals surface area contributed by atoms with E-state index < -0.39 is 0 Å². The SMILES string of the molecule is NCCN(C(=O)c1ccccc1Br)C1CC1. The molecular weight excluding hydrogens is 268 g/mol. The van der Waals surface area contributed by atoms with Crippen molar-refractivity contribution in [2.45, 2.75) is 18.9 Å². The molecule has 1 aromatic carbocycles. The Labute approximate surface area is 104 Å².